The second-order valence-corrected chi connectivity index (χ2v) is 7.02. The van der Waals surface area contributed by atoms with E-state index in [0.717, 1.165) is 19.4 Å². The Morgan fingerprint density at radius 3 is 2.81 bits per heavy atom. The molecule has 26 heavy (non-hydrogen) atoms. The van der Waals surface area contributed by atoms with Crippen molar-refractivity contribution >= 4 is 28.5 Å². The first-order valence-electron chi connectivity index (χ1n) is 8.60. The van der Waals surface area contributed by atoms with Gasteiger partial charge in [-0.15, -0.1) is 0 Å². The normalized spacial score (nSPS) is 15.5. The lowest BCUT2D eigenvalue weighted by Crippen LogP contribution is -2.39. The van der Waals surface area contributed by atoms with Gasteiger partial charge in [0.05, 0.1) is 5.39 Å². The number of piperidine rings is 1. The molecule has 6 nitrogen and oxygen atoms in total. The highest BCUT2D eigenvalue weighted by Crippen LogP contribution is 2.22. The van der Waals surface area contributed by atoms with Crippen LogP contribution in [0, 0.1) is 5.92 Å². The predicted octanol–water partition coefficient (Wildman–Crippen LogP) is 3.20. The number of nitrogens with zero attached hydrogens (tertiary/aromatic N) is 3. The molecule has 0 atom stereocenters. The smallest absolute Gasteiger partial charge is 0.289 e. The number of hydrogen-bond donors (Lipinski definition) is 0. The lowest BCUT2D eigenvalue weighted by molar-refractivity contribution is 0.0650. The predicted molar refractivity (Wildman–Crippen MR) is 98.3 cm³/mol. The summed E-state index contributed by atoms with van der Waals surface area (Å²) in [5.74, 6) is 0.330. The maximum Gasteiger partial charge on any atom is 0.289 e. The molecule has 3 heterocycles. The van der Waals surface area contributed by atoms with Gasteiger partial charge in [0, 0.05) is 43.1 Å². The third-order valence-electron chi connectivity index (χ3n) is 4.81. The van der Waals surface area contributed by atoms with E-state index in [9.17, 15) is 9.59 Å². The Morgan fingerprint density at radius 2 is 2.08 bits per heavy atom. The third-order valence-corrected chi connectivity index (χ3v) is 5.04. The van der Waals surface area contributed by atoms with Gasteiger partial charge in [-0.1, -0.05) is 11.6 Å². The lowest BCUT2D eigenvalue weighted by Gasteiger charge is -2.31. The number of aromatic nitrogens is 2. The zero-order chi connectivity index (χ0) is 18.1. The minimum atomic E-state index is -0.259. The van der Waals surface area contributed by atoms with Gasteiger partial charge in [0.15, 0.2) is 11.2 Å². The number of carbonyl (C=O) groups excluding carboxylic acids is 1. The Bertz CT molecular complexity index is 989. The van der Waals surface area contributed by atoms with Crippen LogP contribution in [-0.2, 0) is 6.54 Å². The molecule has 1 aliphatic heterocycles. The first-order valence-corrected chi connectivity index (χ1v) is 8.98. The van der Waals surface area contributed by atoms with E-state index in [1.54, 1.807) is 29.3 Å². The fraction of sp³-hybridized carbons (Fsp3) is 0.316. The van der Waals surface area contributed by atoms with E-state index in [0.29, 0.717) is 35.0 Å². The van der Waals surface area contributed by atoms with Crippen molar-refractivity contribution in [2.45, 2.75) is 19.4 Å². The molecule has 1 aromatic carbocycles. The number of carbonyl (C=O) groups is 1. The van der Waals surface area contributed by atoms with Crippen molar-refractivity contribution in [3.05, 3.63) is 63.7 Å². The Morgan fingerprint density at radius 1 is 1.27 bits per heavy atom. The molecule has 3 aromatic rings. The van der Waals surface area contributed by atoms with Crippen molar-refractivity contribution in [2.75, 3.05) is 13.1 Å². The fourth-order valence-electron chi connectivity index (χ4n) is 3.38. The number of rotatable bonds is 3. The first-order chi connectivity index (χ1) is 12.6. The molecule has 0 spiro atoms. The summed E-state index contributed by atoms with van der Waals surface area (Å²) >= 11 is 5.92. The molecule has 0 saturated carbocycles. The molecule has 1 amide bonds. The Balaban J connectivity index is 1.47. The molecule has 1 saturated heterocycles. The molecular formula is C19H18ClN3O3. The Hall–Kier alpha value is -2.60. The van der Waals surface area contributed by atoms with E-state index in [-0.39, 0.29) is 17.1 Å². The molecule has 1 aliphatic rings. The molecular weight excluding hydrogens is 354 g/mol. The number of likely N-dealkylation sites (tertiary alicyclic amines) is 1. The average Bonchev–Trinajstić information content (AvgIpc) is 3.15. The topological polar surface area (TPSA) is 68.3 Å². The maximum absolute atomic E-state index is 12.7. The van der Waals surface area contributed by atoms with E-state index in [1.165, 1.54) is 6.07 Å². The largest absolute Gasteiger partial charge is 0.451 e. The zero-order valence-corrected chi connectivity index (χ0v) is 14.9. The van der Waals surface area contributed by atoms with Crippen molar-refractivity contribution in [2.24, 2.45) is 5.92 Å². The molecule has 7 heteroatoms. The van der Waals surface area contributed by atoms with Gasteiger partial charge in [0.1, 0.15) is 5.58 Å². The van der Waals surface area contributed by atoms with Gasteiger partial charge in [0.25, 0.3) is 5.91 Å². The van der Waals surface area contributed by atoms with Crippen molar-refractivity contribution in [3.63, 3.8) is 0 Å². The molecule has 0 aliphatic carbocycles. The van der Waals surface area contributed by atoms with Gasteiger partial charge in [0.2, 0.25) is 0 Å². The second-order valence-electron chi connectivity index (χ2n) is 6.58. The van der Waals surface area contributed by atoms with Crippen LogP contribution in [0.3, 0.4) is 0 Å². The molecule has 4 rings (SSSR count). The molecule has 2 aromatic heterocycles. The maximum atomic E-state index is 12.7. The third kappa shape index (κ3) is 3.37. The lowest BCUT2D eigenvalue weighted by atomic mass is 9.96. The standard InChI is InChI=1S/C19H18ClN3O3/c20-14-2-3-17-15(10-14)16(24)11-18(26-17)19(25)22-8-4-13(5-9-22)12-23-7-1-6-21-23/h1-3,6-7,10-11,13H,4-5,8-9,12H2. The van der Waals surface area contributed by atoms with Crippen LogP contribution in [0.25, 0.3) is 11.0 Å². The van der Waals surface area contributed by atoms with Crippen LogP contribution in [0.1, 0.15) is 23.4 Å². The minimum Gasteiger partial charge on any atom is -0.451 e. The van der Waals surface area contributed by atoms with E-state index < -0.39 is 0 Å². The van der Waals surface area contributed by atoms with Crippen LogP contribution in [0.5, 0.6) is 0 Å². The fourth-order valence-corrected chi connectivity index (χ4v) is 3.55. The number of amides is 1. The monoisotopic (exact) mass is 371 g/mol. The summed E-state index contributed by atoms with van der Waals surface area (Å²) in [4.78, 5) is 26.8. The SMILES string of the molecule is O=C(c1cc(=O)c2cc(Cl)ccc2o1)N1CCC(Cn2cccn2)CC1. The van der Waals surface area contributed by atoms with Gasteiger partial charge < -0.3 is 9.32 Å². The van der Waals surface area contributed by atoms with E-state index in [2.05, 4.69) is 5.10 Å². The van der Waals surface area contributed by atoms with E-state index in [1.807, 2.05) is 16.9 Å². The number of hydrogen-bond acceptors (Lipinski definition) is 4. The van der Waals surface area contributed by atoms with Crippen LogP contribution in [0.2, 0.25) is 5.02 Å². The summed E-state index contributed by atoms with van der Waals surface area (Å²) in [7, 11) is 0. The van der Waals surface area contributed by atoms with Crippen LogP contribution in [0.4, 0.5) is 0 Å². The van der Waals surface area contributed by atoms with Gasteiger partial charge in [-0.3, -0.25) is 14.3 Å². The minimum absolute atomic E-state index is 0.0790. The van der Waals surface area contributed by atoms with E-state index >= 15 is 0 Å². The highest BCUT2D eigenvalue weighted by Gasteiger charge is 2.26. The van der Waals surface area contributed by atoms with Crippen LogP contribution in [-0.4, -0.2) is 33.7 Å². The Labute approximate surface area is 155 Å². The first kappa shape index (κ1) is 16.8. The summed E-state index contributed by atoms with van der Waals surface area (Å²) in [5, 5.41) is 5.08. The molecule has 134 valence electrons. The van der Waals surface area contributed by atoms with Crippen molar-refractivity contribution < 1.29 is 9.21 Å². The number of halogens is 1. The van der Waals surface area contributed by atoms with Crippen LogP contribution < -0.4 is 5.43 Å². The van der Waals surface area contributed by atoms with Gasteiger partial charge in [-0.05, 0) is 43.0 Å². The number of benzene rings is 1. The summed E-state index contributed by atoms with van der Waals surface area (Å²) in [5.41, 5.74) is 0.115. The van der Waals surface area contributed by atoms with Gasteiger partial charge in [-0.25, -0.2) is 0 Å². The quantitative estimate of drug-likeness (QED) is 0.709. The van der Waals surface area contributed by atoms with Crippen LogP contribution in [0.15, 0.2) is 51.9 Å². The zero-order valence-electron chi connectivity index (χ0n) is 14.1. The summed E-state index contributed by atoms with van der Waals surface area (Å²) < 4.78 is 7.59. The molecule has 1 fully saturated rings. The summed E-state index contributed by atoms with van der Waals surface area (Å²) in [6.07, 6.45) is 5.53. The summed E-state index contributed by atoms with van der Waals surface area (Å²) in [6, 6.07) is 7.98. The molecule has 0 unspecified atom stereocenters. The molecule has 0 radical (unpaired) electrons. The molecule has 0 N–H and O–H groups in total. The summed E-state index contributed by atoms with van der Waals surface area (Å²) in [6.45, 7) is 2.15. The van der Waals surface area contributed by atoms with Crippen LogP contribution >= 0.6 is 11.6 Å². The molecule has 0 bridgehead atoms. The Kier molecular flexibility index (Phi) is 4.51. The van der Waals surface area contributed by atoms with Gasteiger partial charge >= 0.3 is 0 Å². The highest BCUT2D eigenvalue weighted by atomic mass is 35.5. The second kappa shape index (κ2) is 6.96. The van der Waals surface area contributed by atoms with Crippen molar-refractivity contribution in [3.8, 4) is 0 Å². The van der Waals surface area contributed by atoms with E-state index in [4.69, 9.17) is 16.0 Å². The highest BCUT2D eigenvalue weighted by molar-refractivity contribution is 6.31. The van der Waals surface area contributed by atoms with Crippen molar-refractivity contribution in [1.29, 1.82) is 0 Å². The van der Waals surface area contributed by atoms with Gasteiger partial charge in [-0.2, -0.15) is 5.10 Å². The average molecular weight is 372 g/mol. The van der Waals surface area contributed by atoms with Crippen molar-refractivity contribution in [1.82, 2.24) is 14.7 Å². The number of fused-ring (bicyclic) bond motifs is 1.